The number of nitrogens with zero attached hydrogens (tertiary/aromatic N) is 4. The van der Waals surface area contributed by atoms with E-state index >= 15 is 0 Å². The second-order valence-corrected chi connectivity index (χ2v) is 10.8. The molecule has 3 aromatic carbocycles. The van der Waals surface area contributed by atoms with Crippen molar-refractivity contribution in [1.82, 2.24) is 15.1 Å². The molecule has 5 rings (SSSR count). The minimum absolute atomic E-state index is 0.0233. The number of amides is 3. The van der Waals surface area contributed by atoms with Crippen molar-refractivity contribution in [2.24, 2.45) is 0 Å². The van der Waals surface area contributed by atoms with Crippen LogP contribution in [-0.4, -0.2) is 61.6 Å². The average Bonchev–Trinajstić information content (AvgIpc) is 3.34. The number of halogens is 3. The van der Waals surface area contributed by atoms with E-state index in [0.717, 1.165) is 30.8 Å². The fraction of sp³-hybridized carbons (Fsp3) is 0.303. The summed E-state index contributed by atoms with van der Waals surface area (Å²) in [5.41, 5.74) is 0.803. The summed E-state index contributed by atoms with van der Waals surface area (Å²) in [6, 6.07) is 21.2. The molecule has 3 aromatic rings. The number of hydrogen-bond donors (Lipinski definition) is 1. The SMILES string of the molecule is CN(CCCOc1ccccc1)CCCN1CC2=C(C1=O)[C@@H](c1ccc(C#N)cc1)NC(=O)N2c1cccc(C(F)(F)F)c1. The maximum absolute atomic E-state index is 13.8. The lowest BCUT2D eigenvalue weighted by atomic mass is 9.94. The molecule has 0 bridgehead atoms. The van der Waals surface area contributed by atoms with Gasteiger partial charge in [-0.15, -0.1) is 0 Å². The van der Waals surface area contributed by atoms with Crippen LogP contribution < -0.4 is 15.0 Å². The first-order chi connectivity index (χ1) is 21.2. The molecule has 2 aliphatic rings. The first-order valence-electron chi connectivity index (χ1n) is 14.3. The van der Waals surface area contributed by atoms with Crippen molar-refractivity contribution in [3.05, 3.63) is 107 Å². The van der Waals surface area contributed by atoms with E-state index < -0.39 is 23.8 Å². The largest absolute Gasteiger partial charge is 0.494 e. The minimum Gasteiger partial charge on any atom is -0.494 e. The molecule has 0 aliphatic carbocycles. The summed E-state index contributed by atoms with van der Waals surface area (Å²) in [6.45, 7) is 2.59. The molecule has 0 saturated heterocycles. The molecule has 1 atom stereocenters. The molecule has 0 radical (unpaired) electrons. The summed E-state index contributed by atoms with van der Waals surface area (Å²) in [5, 5.41) is 12.0. The summed E-state index contributed by atoms with van der Waals surface area (Å²) in [7, 11) is 2.00. The van der Waals surface area contributed by atoms with E-state index in [2.05, 4.69) is 10.2 Å². The lowest BCUT2D eigenvalue weighted by Crippen LogP contribution is -2.47. The number of carbonyl (C=O) groups is 2. The van der Waals surface area contributed by atoms with Gasteiger partial charge in [0.05, 0.1) is 53.3 Å². The van der Waals surface area contributed by atoms with Crippen molar-refractivity contribution in [2.45, 2.75) is 25.1 Å². The number of nitrogens with one attached hydrogen (secondary N) is 1. The zero-order chi connectivity index (χ0) is 31.3. The van der Waals surface area contributed by atoms with Crippen molar-refractivity contribution in [1.29, 1.82) is 5.26 Å². The van der Waals surface area contributed by atoms with Crippen LogP contribution in [0.3, 0.4) is 0 Å². The molecule has 0 saturated carbocycles. The topological polar surface area (TPSA) is 88.9 Å². The highest BCUT2D eigenvalue weighted by Gasteiger charge is 2.45. The van der Waals surface area contributed by atoms with Gasteiger partial charge < -0.3 is 19.9 Å². The number of urea groups is 1. The van der Waals surface area contributed by atoms with E-state index in [0.29, 0.717) is 48.5 Å². The van der Waals surface area contributed by atoms with Crippen molar-refractivity contribution < 1.29 is 27.5 Å². The molecule has 0 unspecified atom stereocenters. The van der Waals surface area contributed by atoms with Crippen LogP contribution in [-0.2, 0) is 11.0 Å². The monoisotopic (exact) mass is 603 g/mol. The number of para-hydroxylation sites is 1. The highest BCUT2D eigenvalue weighted by atomic mass is 19.4. The molecule has 11 heteroatoms. The van der Waals surface area contributed by atoms with Gasteiger partial charge in [0.15, 0.2) is 0 Å². The summed E-state index contributed by atoms with van der Waals surface area (Å²) in [4.78, 5) is 32.2. The van der Waals surface area contributed by atoms with Gasteiger partial charge in [-0.25, -0.2) is 4.79 Å². The fourth-order valence-electron chi connectivity index (χ4n) is 5.46. The van der Waals surface area contributed by atoms with Gasteiger partial charge in [-0.2, -0.15) is 18.4 Å². The molecule has 1 N–H and O–H groups in total. The third kappa shape index (κ3) is 6.87. The molecule has 2 aliphatic heterocycles. The Hall–Kier alpha value is -4.82. The number of anilines is 1. The fourth-order valence-corrected chi connectivity index (χ4v) is 5.46. The summed E-state index contributed by atoms with van der Waals surface area (Å²) >= 11 is 0. The molecule has 44 heavy (non-hydrogen) atoms. The standard InChI is InChI=1S/C33H32F3N5O3/c1-39(17-7-19-44-27-10-3-2-4-11-27)16-6-18-40-22-28-29(31(40)42)30(24-14-12-23(21-37)13-15-24)38-32(43)41(28)26-9-5-8-25(20-26)33(34,35)36/h2-5,8-15,20,30H,6-7,16-19,22H2,1H3,(H,38,43)/t30-/m1/s1. The molecular formula is C33H32F3N5O3. The van der Waals surface area contributed by atoms with Crippen LogP contribution in [0.25, 0.3) is 0 Å². The Morgan fingerprint density at radius 3 is 2.43 bits per heavy atom. The van der Waals surface area contributed by atoms with E-state index in [4.69, 9.17) is 4.74 Å². The Kier molecular flexibility index (Phi) is 9.20. The first kappa shape index (κ1) is 30.6. The number of alkyl halides is 3. The summed E-state index contributed by atoms with van der Waals surface area (Å²) < 4.78 is 46.3. The van der Waals surface area contributed by atoms with Crippen LogP contribution in [0.5, 0.6) is 5.75 Å². The summed E-state index contributed by atoms with van der Waals surface area (Å²) in [5.74, 6) is 0.538. The van der Waals surface area contributed by atoms with Gasteiger partial charge >= 0.3 is 12.2 Å². The highest BCUT2D eigenvalue weighted by Crippen LogP contribution is 2.40. The molecular weight excluding hydrogens is 571 g/mol. The van der Waals surface area contributed by atoms with E-state index in [1.54, 1.807) is 29.2 Å². The van der Waals surface area contributed by atoms with Crippen LogP contribution in [0, 0.1) is 11.3 Å². The Balaban J connectivity index is 1.29. The maximum atomic E-state index is 13.8. The number of rotatable bonds is 11. The van der Waals surface area contributed by atoms with Crippen LogP contribution in [0.2, 0.25) is 0 Å². The molecule has 2 heterocycles. The second kappa shape index (κ2) is 13.2. The quantitative estimate of drug-likeness (QED) is 0.283. The molecule has 0 spiro atoms. The van der Waals surface area contributed by atoms with Crippen molar-refractivity contribution >= 4 is 17.6 Å². The van der Waals surface area contributed by atoms with E-state index in [1.165, 1.54) is 17.0 Å². The molecule has 0 aromatic heterocycles. The number of ether oxygens (including phenoxy) is 1. The van der Waals surface area contributed by atoms with Crippen LogP contribution in [0.4, 0.5) is 23.7 Å². The van der Waals surface area contributed by atoms with Gasteiger partial charge in [-0.1, -0.05) is 36.4 Å². The van der Waals surface area contributed by atoms with Gasteiger partial charge in [-0.3, -0.25) is 9.69 Å². The van der Waals surface area contributed by atoms with Crippen LogP contribution in [0.1, 0.15) is 35.6 Å². The van der Waals surface area contributed by atoms with Gasteiger partial charge in [0.2, 0.25) is 0 Å². The number of benzene rings is 3. The first-order valence-corrected chi connectivity index (χ1v) is 14.3. The predicted octanol–water partition coefficient (Wildman–Crippen LogP) is 5.74. The predicted molar refractivity (Wildman–Crippen MR) is 159 cm³/mol. The van der Waals surface area contributed by atoms with E-state index in [-0.39, 0.29) is 18.1 Å². The zero-order valence-corrected chi connectivity index (χ0v) is 24.2. The number of hydrogen-bond acceptors (Lipinski definition) is 5. The lowest BCUT2D eigenvalue weighted by molar-refractivity contribution is -0.137. The van der Waals surface area contributed by atoms with Crippen molar-refractivity contribution in [3.63, 3.8) is 0 Å². The average molecular weight is 604 g/mol. The van der Waals surface area contributed by atoms with Gasteiger partial charge in [-0.05, 0) is 74.5 Å². The molecule has 228 valence electrons. The van der Waals surface area contributed by atoms with Crippen LogP contribution in [0.15, 0.2) is 90.1 Å². The third-order valence-electron chi connectivity index (χ3n) is 7.67. The normalized spacial score (nSPS) is 16.7. The maximum Gasteiger partial charge on any atom is 0.416 e. The zero-order valence-electron chi connectivity index (χ0n) is 24.2. The third-order valence-corrected chi connectivity index (χ3v) is 7.67. The Morgan fingerprint density at radius 2 is 1.73 bits per heavy atom. The minimum atomic E-state index is -4.60. The molecule has 3 amide bonds. The Bertz CT molecular complexity index is 1570. The van der Waals surface area contributed by atoms with Crippen LogP contribution >= 0.6 is 0 Å². The highest BCUT2D eigenvalue weighted by molar-refractivity contribution is 6.07. The number of nitriles is 1. The molecule has 0 fully saturated rings. The second-order valence-electron chi connectivity index (χ2n) is 10.8. The van der Waals surface area contributed by atoms with E-state index in [1.807, 2.05) is 43.4 Å². The summed E-state index contributed by atoms with van der Waals surface area (Å²) in [6.07, 6.45) is -3.10. The Morgan fingerprint density at radius 1 is 1.00 bits per heavy atom. The van der Waals surface area contributed by atoms with Gasteiger partial charge in [0, 0.05) is 13.1 Å². The van der Waals surface area contributed by atoms with Crippen molar-refractivity contribution in [3.8, 4) is 11.8 Å². The van der Waals surface area contributed by atoms with E-state index in [9.17, 15) is 28.0 Å². The van der Waals surface area contributed by atoms with Gasteiger partial charge in [0.25, 0.3) is 5.91 Å². The molecule has 8 nitrogen and oxygen atoms in total. The Labute approximate surface area is 253 Å². The number of carbonyl (C=O) groups excluding carboxylic acids is 2. The smallest absolute Gasteiger partial charge is 0.416 e. The lowest BCUT2D eigenvalue weighted by Gasteiger charge is -2.34. The van der Waals surface area contributed by atoms with Crippen molar-refractivity contribution in [2.75, 3.05) is 44.7 Å². The van der Waals surface area contributed by atoms with Gasteiger partial charge in [0.1, 0.15) is 5.75 Å².